The first kappa shape index (κ1) is 10.8. The molecule has 0 atom stereocenters. The summed E-state index contributed by atoms with van der Waals surface area (Å²) in [5.74, 6) is 0. The Kier molecular flexibility index (Phi) is 3.54. The molecule has 15 heavy (non-hydrogen) atoms. The molecule has 0 bridgehead atoms. The molecule has 0 radical (unpaired) electrons. The Morgan fingerprint density at radius 1 is 1.20 bits per heavy atom. The molecule has 0 amide bonds. The predicted molar refractivity (Wildman–Crippen MR) is 55.4 cm³/mol. The molecule has 1 heterocycles. The normalized spacial score (nSPS) is 20.0. The fourth-order valence-electron chi connectivity index (χ4n) is 1.25. The molecule has 0 unspecified atom stereocenters. The van der Waals surface area contributed by atoms with Crippen LogP contribution in [-0.4, -0.2) is 13.2 Å². The molecule has 1 aliphatic rings. The Morgan fingerprint density at radius 3 is 2.53 bits per heavy atom. The van der Waals surface area contributed by atoms with Gasteiger partial charge < -0.3 is 0 Å². The molecule has 0 aliphatic carbocycles. The minimum Gasteiger partial charge on any atom is -0.287 e. The molecule has 4 nitrogen and oxygen atoms in total. The second kappa shape index (κ2) is 4.90. The molecule has 2 rings (SSSR count). The van der Waals surface area contributed by atoms with Crippen molar-refractivity contribution in [2.75, 3.05) is 13.2 Å². The van der Waals surface area contributed by atoms with Crippen molar-refractivity contribution in [1.82, 2.24) is 0 Å². The molecular formula is C10H13O4P. The Bertz CT molecular complexity index is 342. The van der Waals surface area contributed by atoms with Crippen molar-refractivity contribution in [1.29, 1.82) is 0 Å². The predicted octanol–water partition coefficient (Wildman–Crippen LogP) is 2.75. The van der Waals surface area contributed by atoms with Crippen LogP contribution < -0.4 is 0 Å². The number of hydrogen-bond acceptors (Lipinski definition) is 4. The van der Waals surface area contributed by atoms with E-state index in [2.05, 4.69) is 0 Å². The van der Waals surface area contributed by atoms with Gasteiger partial charge in [0.1, 0.15) is 0 Å². The number of rotatable bonds is 3. The van der Waals surface area contributed by atoms with Crippen LogP contribution in [0.4, 0.5) is 0 Å². The van der Waals surface area contributed by atoms with Gasteiger partial charge in [-0.3, -0.25) is 13.6 Å². The zero-order valence-corrected chi connectivity index (χ0v) is 9.19. The van der Waals surface area contributed by atoms with Crippen LogP contribution in [0.5, 0.6) is 0 Å². The van der Waals surface area contributed by atoms with Crippen LogP contribution in [0.2, 0.25) is 0 Å². The highest BCUT2D eigenvalue weighted by Gasteiger charge is 2.29. The third-order valence-electron chi connectivity index (χ3n) is 2.02. The standard InChI is InChI=1S/C10H13O4P/c11-15(12-7-4-8-13-15)14-9-10-5-2-1-3-6-10/h1-3,5-6H,4,7-9H2. The van der Waals surface area contributed by atoms with E-state index in [0.29, 0.717) is 13.2 Å². The number of hydrogen-bond donors (Lipinski definition) is 0. The van der Waals surface area contributed by atoms with Crippen molar-refractivity contribution in [2.45, 2.75) is 13.0 Å². The van der Waals surface area contributed by atoms with Gasteiger partial charge in [-0.25, -0.2) is 4.57 Å². The summed E-state index contributed by atoms with van der Waals surface area (Å²) in [6.45, 7) is 1.12. The minimum atomic E-state index is -3.28. The van der Waals surface area contributed by atoms with Gasteiger partial charge in [-0.05, 0) is 12.0 Å². The molecule has 0 N–H and O–H groups in total. The molecule has 1 fully saturated rings. The fourth-order valence-corrected chi connectivity index (χ4v) is 2.49. The van der Waals surface area contributed by atoms with E-state index in [9.17, 15) is 4.57 Å². The first-order valence-corrected chi connectivity index (χ1v) is 6.32. The summed E-state index contributed by atoms with van der Waals surface area (Å²) in [4.78, 5) is 0. The first-order valence-electron chi connectivity index (χ1n) is 4.86. The second-order valence-electron chi connectivity index (χ2n) is 3.23. The quantitative estimate of drug-likeness (QED) is 0.746. The van der Waals surface area contributed by atoms with Crippen LogP contribution in [0.1, 0.15) is 12.0 Å². The van der Waals surface area contributed by atoms with Gasteiger partial charge in [0.05, 0.1) is 19.8 Å². The molecule has 82 valence electrons. The van der Waals surface area contributed by atoms with Crippen LogP contribution in [0.25, 0.3) is 0 Å². The lowest BCUT2D eigenvalue weighted by atomic mass is 10.2. The summed E-state index contributed by atoms with van der Waals surface area (Å²) in [6, 6.07) is 9.51. The van der Waals surface area contributed by atoms with Gasteiger partial charge in [-0.2, -0.15) is 0 Å². The lowest BCUT2D eigenvalue weighted by Crippen LogP contribution is -2.10. The third-order valence-corrected chi connectivity index (χ3v) is 3.46. The molecule has 5 heteroatoms. The van der Waals surface area contributed by atoms with Crippen molar-refractivity contribution < 1.29 is 18.1 Å². The zero-order valence-electron chi connectivity index (χ0n) is 8.30. The molecule has 0 saturated carbocycles. The lowest BCUT2D eigenvalue weighted by molar-refractivity contribution is 0.0707. The summed E-state index contributed by atoms with van der Waals surface area (Å²) in [5.41, 5.74) is 0.950. The molecule has 0 spiro atoms. The van der Waals surface area contributed by atoms with E-state index in [1.54, 1.807) is 0 Å². The summed E-state index contributed by atoms with van der Waals surface area (Å²) in [7, 11) is -3.28. The van der Waals surface area contributed by atoms with Crippen molar-refractivity contribution in [2.24, 2.45) is 0 Å². The fraction of sp³-hybridized carbons (Fsp3) is 0.400. The van der Waals surface area contributed by atoms with Crippen LogP contribution in [0.3, 0.4) is 0 Å². The van der Waals surface area contributed by atoms with Crippen molar-refractivity contribution in [3.05, 3.63) is 35.9 Å². The maximum Gasteiger partial charge on any atom is 0.475 e. The average molecular weight is 228 g/mol. The highest BCUT2D eigenvalue weighted by atomic mass is 31.2. The van der Waals surface area contributed by atoms with Crippen molar-refractivity contribution in [3.8, 4) is 0 Å². The molecule has 1 aromatic carbocycles. The molecule has 1 aromatic rings. The van der Waals surface area contributed by atoms with E-state index >= 15 is 0 Å². The third kappa shape index (κ3) is 3.14. The monoisotopic (exact) mass is 228 g/mol. The Balaban J connectivity index is 1.90. The lowest BCUT2D eigenvalue weighted by Gasteiger charge is -2.21. The van der Waals surface area contributed by atoms with E-state index in [0.717, 1.165) is 12.0 Å². The molecule has 1 saturated heterocycles. The summed E-state index contributed by atoms with van der Waals surface area (Å²) in [5, 5.41) is 0. The maximum absolute atomic E-state index is 11.7. The Labute approximate surface area is 88.8 Å². The van der Waals surface area contributed by atoms with Gasteiger partial charge >= 0.3 is 7.82 Å². The largest absolute Gasteiger partial charge is 0.475 e. The van der Waals surface area contributed by atoms with E-state index in [1.165, 1.54) is 0 Å². The van der Waals surface area contributed by atoms with Crippen molar-refractivity contribution >= 4 is 7.82 Å². The van der Waals surface area contributed by atoms with Gasteiger partial charge in [0.15, 0.2) is 0 Å². The Morgan fingerprint density at radius 2 is 1.87 bits per heavy atom. The van der Waals surface area contributed by atoms with Crippen LogP contribution >= 0.6 is 7.82 Å². The summed E-state index contributed by atoms with van der Waals surface area (Å²) < 4.78 is 26.9. The van der Waals surface area contributed by atoms with Gasteiger partial charge in [-0.1, -0.05) is 30.3 Å². The van der Waals surface area contributed by atoms with Gasteiger partial charge in [0, 0.05) is 0 Å². The molecule has 0 aromatic heterocycles. The molecule has 1 aliphatic heterocycles. The van der Waals surface area contributed by atoms with Crippen LogP contribution in [0, 0.1) is 0 Å². The van der Waals surface area contributed by atoms with Gasteiger partial charge in [0.25, 0.3) is 0 Å². The second-order valence-corrected chi connectivity index (χ2v) is 4.90. The summed E-state index contributed by atoms with van der Waals surface area (Å²) >= 11 is 0. The highest BCUT2D eigenvalue weighted by molar-refractivity contribution is 7.48. The van der Waals surface area contributed by atoms with E-state index < -0.39 is 7.82 Å². The average Bonchev–Trinajstić information content (AvgIpc) is 2.29. The van der Waals surface area contributed by atoms with E-state index in [4.69, 9.17) is 13.6 Å². The number of phosphoric ester groups is 1. The van der Waals surface area contributed by atoms with Crippen LogP contribution in [0.15, 0.2) is 30.3 Å². The first-order chi connectivity index (χ1) is 7.29. The smallest absolute Gasteiger partial charge is 0.287 e. The van der Waals surface area contributed by atoms with Crippen LogP contribution in [-0.2, 0) is 24.7 Å². The van der Waals surface area contributed by atoms with Gasteiger partial charge in [0.2, 0.25) is 0 Å². The summed E-state index contributed by atoms with van der Waals surface area (Å²) in [6.07, 6.45) is 0.763. The minimum absolute atomic E-state index is 0.248. The maximum atomic E-state index is 11.7. The number of benzene rings is 1. The zero-order chi connectivity index (χ0) is 10.6. The Hall–Kier alpha value is -0.670. The van der Waals surface area contributed by atoms with Gasteiger partial charge in [-0.15, -0.1) is 0 Å². The topological polar surface area (TPSA) is 44.8 Å². The number of phosphoric acid groups is 1. The SMILES string of the molecule is O=P1(OCc2ccccc2)OCCCO1. The highest BCUT2D eigenvalue weighted by Crippen LogP contribution is 2.52. The van der Waals surface area contributed by atoms with E-state index in [-0.39, 0.29) is 6.61 Å². The van der Waals surface area contributed by atoms with Crippen molar-refractivity contribution in [3.63, 3.8) is 0 Å². The molecular weight excluding hydrogens is 215 g/mol. The van der Waals surface area contributed by atoms with E-state index in [1.807, 2.05) is 30.3 Å².